The molecule has 0 aromatic heterocycles. The first kappa shape index (κ1) is 16.9. The van der Waals surface area contributed by atoms with Crippen molar-refractivity contribution in [2.45, 2.75) is 11.3 Å². The van der Waals surface area contributed by atoms with Gasteiger partial charge in [-0.15, -0.1) is 0 Å². The lowest BCUT2D eigenvalue weighted by Gasteiger charge is -2.07. The highest BCUT2D eigenvalue weighted by molar-refractivity contribution is 7.89. The van der Waals surface area contributed by atoms with Gasteiger partial charge >= 0.3 is 5.97 Å². The first-order valence-corrected chi connectivity index (χ1v) is 8.50. The molecule has 120 valence electrons. The molecule has 0 unspecified atom stereocenters. The molecule has 6 heteroatoms. The van der Waals surface area contributed by atoms with E-state index in [1.165, 1.54) is 6.08 Å². The molecule has 2 rings (SSSR count). The Morgan fingerprint density at radius 2 is 1.70 bits per heavy atom. The van der Waals surface area contributed by atoms with Gasteiger partial charge in [0.1, 0.15) is 0 Å². The maximum Gasteiger partial charge on any atom is 0.328 e. The van der Waals surface area contributed by atoms with Crippen LogP contribution in [0.4, 0.5) is 0 Å². The predicted molar refractivity (Wildman–Crippen MR) is 88.4 cm³/mol. The molecule has 0 fully saturated rings. The Morgan fingerprint density at radius 3 is 2.30 bits per heavy atom. The van der Waals surface area contributed by atoms with Gasteiger partial charge in [0.15, 0.2) is 0 Å². The SMILES string of the molecule is O=C(O)C=Cc1ccc(CCNS(=O)(=O)c2ccccc2)cc1. The molecule has 0 spiro atoms. The number of hydrogen-bond donors (Lipinski definition) is 2. The minimum absolute atomic E-state index is 0.245. The number of nitrogens with one attached hydrogen (secondary N) is 1. The van der Waals surface area contributed by atoms with E-state index in [4.69, 9.17) is 5.11 Å². The third-order valence-electron chi connectivity index (χ3n) is 3.16. The van der Waals surface area contributed by atoms with Crippen molar-refractivity contribution >= 4 is 22.1 Å². The van der Waals surface area contributed by atoms with Crippen LogP contribution in [-0.4, -0.2) is 26.0 Å². The number of aliphatic carboxylic acids is 1. The Bertz CT molecular complexity index is 781. The van der Waals surface area contributed by atoms with Crippen LogP contribution in [0, 0.1) is 0 Å². The van der Waals surface area contributed by atoms with E-state index in [1.54, 1.807) is 42.5 Å². The van der Waals surface area contributed by atoms with Crippen molar-refractivity contribution in [2.24, 2.45) is 0 Å². The Kier molecular flexibility index (Phi) is 5.67. The number of carboxylic acid groups (broad SMARTS) is 1. The summed E-state index contributed by atoms with van der Waals surface area (Å²) in [6.07, 6.45) is 3.13. The first-order chi connectivity index (χ1) is 11.0. The fraction of sp³-hybridized carbons (Fsp3) is 0.118. The second-order valence-corrected chi connectivity index (χ2v) is 6.64. The van der Waals surface area contributed by atoms with Gasteiger partial charge in [0.2, 0.25) is 10.0 Å². The second-order valence-electron chi connectivity index (χ2n) is 4.87. The molecule has 0 heterocycles. The number of carbonyl (C=O) groups is 1. The average Bonchev–Trinajstić information content (AvgIpc) is 2.55. The molecule has 0 aliphatic carbocycles. The summed E-state index contributed by atoms with van der Waals surface area (Å²) < 4.78 is 26.7. The number of sulfonamides is 1. The number of carboxylic acids is 1. The van der Waals surface area contributed by atoms with Gasteiger partial charge in [-0.2, -0.15) is 0 Å². The number of benzene rings is 2. The van der Waals surface area contributed by atoms with Crippen LogP contribution in [0.15, 0.2) is 65.6 Å². The smallest absolute Gasteiger partial charge is 0.328 e. The summed E-state index contributed by atoms with van der Waals surface area (Å²) in [5, 5.41) is 8.56. The van der Waals surface area contributed by atoms with Gasteiger partial charge in [-0.3, -0.25) is 0 Å². The van der Waals surface area contributed by atoms with E-state index in [1.807, 2.05) is 12.1 Å². The summed E-state index contributed by atoms with van der Waals surface area (Å²) in [6, 6.07) is 15.5. The molecule has 0 atom stereocenters. The molecule has 0 amide bonds. The Labute approximate surface area is 135 Å². The third-order valence-corrected chi connectivity index (χ3v) is 4.63. The van der Waals surface area contributed by atoms with Crippen LogP contribution in [0.2, 0.25) is 0 Å². The number of hydrogen-bond acceptors (Lipinski definition) is 3. The van der Waals surface area contributed by atoms with Crippen molar-refractivity contribution in [3.8, 4) is 0 Å². The highest BCUT2D eigenvalue weighted by atomic mass is 32.2. The predicted octanol–water partition coefficient (Wildman–Crippen LogP) is 2.31. The lowest BCUT2D eigenvalue weighted by atomic mass is 10.1. The van der Waals surface area contributed by atoms with Crippen molar-refractivity contribution in [3.63, 3.8) is 0 Å². The molecule has 2 aromatic rings. The lowest BCUT2D eigenvalue weighted by Crippen LogP contribution is -2.25. The molecule has 2 aromatic carbocycles. The molecule has 2 N–H and O–H groups in total. The Morgan fingerprint density at radius 1 is 1.04 bits per heavy atom. The molecule has 0 saturated carbocycles. The van der Waals surface area contributed by atoms with Crippen LogP contribution in [0.25, 0.3) is 6.08 Å². The van der Waals surface area contributed by atoms with Gasteiger partial charge in [0.25, 0.3) is 0 Å². The standard InChI is InChI=1S/C17H17NO4S/c19-17(20)11-10-14-6-8-15(9-7-14)12-13-18-23(21,22)16-4-2-1-3-5-16/h1-11,18H,12-13H2,(H,19,20). The highest BCUT2D eigenvalue weighted by Crippen LogP contribution is 2.09. The lowest BCUT2D eigenvalue weighted by molar-refractivity contribution is -0.131. The molecular formula is C17H17NO4S. The average molecular weight is 331 g/mol. The van der Waals surface area contributed by atoms with Crippen molar-refractivity contribution in [3.05, 3.63) is 71.8 Å². The topological polar surface area (TPSA) is 83.5 Å². The van der Waals surface area contributed by atoms with Crippen LogP contribution in [0.5, 0.6) is 0 Å². The monoisotopic (exact) mass is 331 g/mol. The van der Waals surface area contributed by atoms with Crippen molar-refractivity contribution in [1.29, 1.82) is 0 Å². The van der Waals surface area contributed by atoms with Crippen molar-refractivity contribution in [2.75, 3.05) is 6.54 Å². The zero-order valence-electron chi connectivity index (χ0n) is 12.3. The molecule has 23 heavy (non-hydrogen) atoms. The number of rotatable bonds is 7. The van der Waals surface area contributed by atoms with Gasteiger partial charge < -0.3 is 5.11 Å². The van der Waals surface area contributed by atoms with E-state index >= 15 is 0 Å². The maximum absolute atomic E-state index is 12.0. The van der Waals surface area contributed by atoms with Gasteiger partial charge in [0.05, 0.1) is 4.90 Å². The minimum Gasteiger partial charge on any atom is -0.478 e. The summed E-state index contributed by atoms with van der Waals surface area (Å²) in [7, 11) is -3.48. The van der Waals surface area contributed by atoms with Crippen LogP contribution in [0.3, 0.4) is 0 Å². The quantitative estimate of drug-likeness (QED) is 0.763. The Balaban J connectivity index is 1.90. The van der Waals surface area contributed by atoms with Crippen LogP contribution < -0.4 is 4.72 Å². The summed E-state index contributed by atoms with van der Waals surface area (Å²) in [4.78, 5) is 10.7. The van der Waals surface area contributed by atoms with E-state index in [0.29, 0.717) is 13.0 Å². The van der Waals surface area contributed by atoms with E-state index in [0.717, 1.165) is 17.2 Å². The van der Waals surface area contributed by atoms with E-state index in [9.17, 15) is 13.2 Å². The normalized spacial score (nSPS) is 11.7. The highest BCUT2D eigenvalue weighted by Gasteiger charge is 2.11. The summed E-state index contributed by atoms with van der Waals surface area (Å²) in [5.74, 6) is -0.996. The zero-order chi connectivity index (χ0) is 16.7. The minimum atomic E-state index is -3.48. The zero-order valence-corrected chi connectivity index (χ0v) is 13.2. The van der Waals surface area contributed by atoms with Gasteiger partial charge in [-0.1, -0.05) is 42.5 Å². The maximum atomic E-state index is 12.0. The summed E-state index contributed by atoms with van der Waals surface area (Å²) in [6.45, 7) is 0.293. The molecule has 0 aliphatic rings. The summed E-state index contributed by atoms with van der Waals surface area (Å²) in [5.41, 5.74) is 1.74. The first-order valence-electron chi connectivity index (χ1n) is 7.02. The van der Waals surface area contributed by atoms with Crippen LogP contribution >= 0.6 is 0 Å². The summed E-state index contributed by atoms with van der Waals surface area (Å²) >= 11 is 0. The van der Waals surface area contributed by atoms with Crippen LogP contribution in [0.1, 0.15) is 11.1 Å². The van der Waals surface area contributed by atoms with E-state index in [-0.39, 0.29) is 4.90 Å². The van der Waals surface area contributed by atoms with E-state index in [2.05, 4.69) is 4.72 Å². The Hall–Kier alpha value is -2.44. The fourth-order valence-electron chi connectivity index (χ4n) is 1.98. The van der Waals surface area contributed by atoms with Crippen LogP contribution in [-0.2, 0) is 21.2 Å². The molecule has 0 bridgehead atoms. The van der Waals surface area contributed by atoms with Gasteiger partial charge in [0, 0.05) is 12.6 Å². The van der Waals surface area contributed by atoms with Crippen molar-refractivity contribution in [1.82, 2.24) is 4.72 Å². The van der Waals surface area contributed by atoms with Gasteiger partial charge in [-0.25, -0.2) is 17.9 Å². The van der Waals surface area contributed by atoms with Crippen molar-refractivity contribution < 1.29 is 18.3 Å². The van der Waals surface area contributed by atoms with Gasteiger partial charge in [-0.05, 0) is 35.8 Å². The molecule has 5 nitrogen and oxygen atoms in total. The second kappa shape index (κ2) is 7.71. The third kappa shape index (κ3) is 5.36. The molecule has 0 saturated heterocycles. The molecule has 0 aliphatic heterocycles. The van der Waals surface area contributed by atoms with E-state index < -0.39 is 16.0 Å². The largest absolute Gasteiger partial charge is 0.478 e. The molecular weight excluding hydrogens is 314 g/mol. The fourth-order valence-corrected chi connectivity index (χ4v) is 3.03. The molecule has 0 radical (unpaired) electrons.